The van der Waals surface area contributed by atoms with Crippen LogP contribution in [0.2, 0.25) is 0 Å². The third kappa shape index (κ3) is 3.88. The lowest BCUT2D eigenvalue weighted by Crippen LogP contribution is -1.96. The van der Waals surface area contributed by atoms with Gasteiger partial charge in [-0.15, -0.1) is 0 Å². The van der Waals surface area contributed by atoms with Crippen molar-refractivity contribution in [3.05, 3.63) is 175 Å². The first-order valence-corrected chi connectivity index (χ1v) is 19.2. The van der Waals surface area contributed by atoms with Gasteiger partial charge in [-0.25, -0.2) is 4.85 Å². The molecule has 6 nitrogen and oxygen atoms in total. The van der Waals surface area contributed by atoms with Gasteiger partial charge in [0.15, 0.2) is 0 Å². The van der Waals surface area contributed by atoms with Crippen LogP contribution in [-0.4, -0.2) is 9.13 Å². The van der Waals surface area contributed by atoms with Crippen LogP contribution in [0, 0.1) is 17.9 Å². The highest BCUT2D eigenvalue weighted by Gasteiger charge is 2.23. The van der Waals surface area contributed by atoms with E-state index in [1.807, 2.05) is 42.5 Å². The van der Waals surface area contributed by atoms with E-state index in [9.17, 15) is 5.26 Å². The Labute approximate surface area is 329 Å². The number of aromatic nitrogens is 2. The van der Waals surface area contributed by atoms with Crippen LogP contribution < -0.4 is 0 Å². The van der Waals surface area contributed by atoms with E-state index in [4.69, 9.17) is 15.4 Å². The number of benzene rings is 9. The second-order valence-electron chi connectivity index (χ2n) is 15.0. The molecular formula is C52H26N4O2. The summed E-state index contributed by atoms with van der Waals surface area (Å²) in [5.74, 6) is 0. The molecule has 0 saturated carbocycles. The molecule has 9 aromatic carbocycles. The first kappa shape index (κ1) is 30.9. The molecule has 0 saturated heterocycles. The summed E-state index contributed by atoms with van der Waals surface area (Å²) in [6.07, 6.45) is 0. The Morgan fingerprint density at radius 2 is 0.879 bits per heavy atom. The van der Waals surface area contributed by atoms with Gasteiger partial charge in [-0.1, -0.05) is 84.9 Å². The first-order chi connectivity index (χ1) is 28.7. The fourth-order valence-electron chi connectivity index (χ4n) is 9.73. The van der Waals surface area contributed by atoms with Crippen LogP contribution >= 0.6 is 0 Å². The van der Waals surface area contributed by atoms with Gasteiger partial charge in [0.2, 0.25) is 5.69 Å². The summed E-state index contributed by atoms with van der Waals surface area (Å²) in [5.41, 5.74) is 10.0. The Morgan fingerprint density at radius 1 is 0.431 bits per heavy atom. The molecule has 266 valence electrons. The van der Waals surface area contributed by atoms with E-state index in [-0.39, 0.29) is 0 Å². The largest absolute Gasteiger partial charge is 0.455 e. The number of hydrogen-bond acceptors (Lipinski definition) is 3. The maximum atomic E-state index is 10.8. The van der Waals surface area contributed by atoms with Crippen molar-refractivity contribution < 1.29 is 8.83 Å². The van der Waals surface area contributed by atoms with Crippen molar-refractivity contribution in [1.82, 2.24) is 9.13 Å². The Kier molecular flexibility index (Phi) is 5.94. The topological polar surface area (TPSA) is 64.3 Å². The van der Waals surface area contributed by atoms with Crippen LogP contribution in [0.1, 0.15) is 5.56 Å². The molecule has 0 aliphatic rings. The summed E-state index contributed by atoms with van der Waals surface area (Å²) in [5, 5.41) is 22.7. The minimum Gasteiger partial charge on any atom is -0.455 e. The van der Waals surface area contributed by atoms with Gasteiger partial charge in [0.25, 0.3) is 0 Å². The highest BCUT2D eigenvalue weighted by Crippen LogP contribution is 2.45. The molecule has 0 atom stereocenters. The molecule has 0 spiro atoms. The molecule has 0 aliphatic carbocycles. The third-order valence-electron chi connectivity index (χ3n) is 12.2. The van der Waals surface area contributed by atoms with Crippen LogP contribution in [0.3, 0.4) is 0 Å². The number of para-hydroxylation sites is 4. The Morgan fingerprint density at radius 3 is 1.40 bits per heavy atom. The van der Waals surface area contributed by atoms with Crippen molar-refractivity contribution in [3.63, 3.8) is 0 Å². The monoisotopic (exact) mass is 738 g/mol. The van der Waals surface area contributed by atoms with Gasteiger partial charge in [0.1, 0.15) is 22.3 Å². The molecule has 6 heteroatoms. The van der Waals surface area contributed by atoms with Gasteiger partial charge < -0.3 is 18.0 Å². The molecule has 4 aromatic heterocycles. The lowest BCUT2D eigenvalue weighted by Gasteiger charge is -2.15. The highest BCUT2D eigenvalue weighted by atomic mass is 16.3. The summed E-state index contributed by atoms with van der Waals surface area (Å²) in [7, 11) is 0. The smallest absolute Gasteiger partial charge is 0.212 e. The van der Waals surface area contributed by atoms with Gasteiger partial charge in [-0.3, -0.25) is 0 Å². The number of hydrogen-bond donors (Lipinski definition) is 0. The predicted octanol–water partition coefficient (Wildman–Crippen LogP) is 14.4. The minimum atomic E-state index is 0.343. The predicted molar refractivity (Wildman–Crippen MR) is 236 cm³/mol. The van der Waals surface area contributed by atoms with Crippen molar-refractivity contribution in [2.45, 2.75) is 0 Å². The second-order valence-corrected chi connectivity index (χ2v) is 15.0. The van der Waals surface area contributed by atoms with Gasteiger partial charge in [-0.2, -0.15) is 5.26 Å². The zero-order chi connectivity index (χ0) is 38.2. The molecular weight excluding hydrogens is 713 g/mol. The van der Waals surface area contributed by atoms with Crippen LogP contribution in [0.25, 0.3) is 125 Å². The van der Waals surface area contributed by atoms with E-state index in [2.05, 4.69) is 135 Å². The van der Waals surface area contributed by atoms with Gasteiger partial charge in [0.05, 0.1) is 51.0 Å². The molecule has 13 rings (SSSR count). The Bertz CT molecular complexity index is 3800. The fraction of sp³-hybridized carbons (Fsp3) is 0. The van der Waals surface area contributed by atoms with Crippen LogP contribution in [0.5, 0.6) is 0 Å². The number of furan rings is 2. The van der Waals surface area contributed by atoms with Crippen molar-refractivity contribution in [1.29, 1.82) is 5.26 Å². The van der Waals surface area contributed by atoms with Gasteiger partial charge in [-0.05, 0) is 94.3 Å². The molecule has 0 radical (unpaired) electrons. The molecule has 0 N–H and O–H groups in total. The van der Waals surface area contributed by atoms with E-state index in [1.165, 1.54) is 0 Å². The van der Waals surface area contributed by atoms with Crippen LogP contribution in [0.15, 0.2) is 167 Å². The van der Waals surface area contributed by atoms with Crippen molar-refractivity contribution in [2.75, 3.05) is 0 Å². The van der Waals surface area contributed by atoms with E-state index in [0.29, 0.717) is 11.3 Å². The standard InChI is InChI=1S/C52H26N4O2/c1-54-50-40-27-30(56-43-15-7-3-13-38(43)49-45(56)25-23-36-34-11-5-9-17-47(34)58-52(36)49)19-21-32(40)31-20-18-29(26-39(31)41(50)28-53)55-42-14-6-2-12-37(42)48-44(55)24-22-35-33-10-4-8-16-46(33)57-51(35)48/h2-27H. The van der Waals surface area contributed by atoms with E-state index in [1.54, 1.807) is 0 Å². The molecule has 0 amide bonds. The maximum Gasteiger partial charge on any atom is 0.212 e. The quantitative estimate of drug-likeness (QED) is 0.131. The second kappa shape index (κ2) is 11.1. The Balaban J connectivity index is 1.05. The normalized spacial score (nSPS) is 12.1. The summed E-state index contributed by atoms with van der Waals surface area (Å²) in [6, 6.07) is 56.7. The first-order valence-electron chi connectivity index (χ1n) is 19.2. The SMILES string of the molecule is [C-]#[N+]c1c(C#N)c2cc(-n3c4ccccc4c4c5oc6ccccc6c5ccc43)ccc2c2ccc(-n3c4ccccc4c4c5oc6ccccc6c5ccc43)cc12. The zero-order valence-electron chi connectivity index (χ0n) is 30.6. The molecule has 0 fully saturated rings. The van der Waals surface area contributed by atoms with E-state index in [0.717, 1.165) is 120 Å². The molecule has 0 bridgehead atoms. The van der Waals surface area contributed by atoms with Crippen LogP contribution in [-0.2, 0) is 0 Å². The van der Waals surface area contributed by atoms with E-state index >= 15 is 0 Å². The average molecular weight is 739 g/mol. The minimum absolute atomic E-state index is 0.343. The summed E-state index contributed by atoms with van der Waals surface area (Å²) in [4.78, 5) is 4.06. The number of fused-ring (bicyclic) bond motifs is 17. The summed E-state index contributed by atoms with van der Waals surface area (Å²) < 4.78 is 17.5. The zero-order valence-corrected chi connectivity index (χ0v) is 30.6. The number of nitriles is 1. The fourth-order valence-corrected chi connectivity index (χ4v) is 9.73. The highest BCUT2D eigenvalue weighted by molar-refractivity contribution is 6.26. The van der Waals surface area contributed by atoms with Crippen molar-refractivity contribution in [3.8, 4) is 17.4 Å². The summed E-state index contributed by atoms with van der Waals surface area (Å²) in [6.45, 7) is 8.47. The Hall–Kier alpha value is -8.32. The number of nitrogens with zero attached hydrogens (tertiary/aromatic N) is 4. The third-order valence-corrected chi connectivity index (χ3v) is 12.2. The molecule has 4 heterocycles. The van der Waals surface area contributed by atoms with Crippen molar-refractivity contribution >= 4 is 115 Å². The van der Waals surface area contributed by atoms with E-state index < -0.39 is 0 Å². The molecule has 13 aromatic rings. The van der Waals surface area contributed by atoms with Gasteiger partial charge in [0, 0.05) is 43.7 Å². The molecule has 0 aliphatic heterocycles. The average Bonchev–Trinajstić information content (AvgIpc) is 4.03. The maximum absolute atomic E-state index is 10.8. The van der Waals surface area contributed by atoms with Crippen molar-refractivity contribution in [2.24, 2.45) is 0 Å². The molecule has 58 heavy (non-hydrogen) atoms. The van der Waals surface area contributed by atoms with Crippen LogP contribution in [0.4, 0.5) is 5.69 Å². The van der Waals surface area contributed by atoms with Gasteiger partial charge >= 0.3 is 0 Å². The lowest BCUT2D eigenvalue weighted by atomic mass is 9.94. The molecule has 0 unspecified atom stereocenters. The summed E-state index contributed by atoms with van der Waals surface area (Å²) >= 11 is 0. The lowest BCUT2D eigenvalue weighted by molar-refractivity contribution is 0.672. The number of rotatable bonds is 2.